The largest absolute Gasteiger partial charge is 0.334 e. The predicted molar refractivity (Wildman–Crippen MR) is 71.3 cm³/mol. The zero-order valence-electron chi connectivity index (χ0n) is 10.4. The molecule has 1 saturated carbocycles. The highest BCUT2D eigenvalue weighted by molar-refractivity contribution is 6.31. The maximum atomic E-state index is 10.8. The van der Waals surface area contributed by atoms with Crippen LogP contribution in [0.25, 0.3) is 11.5 Å². The van der Waals surface area contributed by atoms with Crippen LogP contribution >= 0.6 is 11.6 Å². The molecule has 0 aliphatic heterocycles. The number of benzene rings is 1. The lowest BCUT2D eigenvalue weighted by molar-refractivity contribution is -0.384. The maximum absolute atomic E-state index is 10.8. The van der Waals surface area contributed by atoms with Gasteiger partial charge in [-0.2, -0.15) is 4.98 Å². The van der Waals surface area contributed by atoms with Gasteiger partial charge in [-0.1, -0.05) is 16.8 Å². The number of nitrogens with one attached hydrogen (secondary N) is 1. The minimum Gasteiger partial charge on any atom is -0.334 e. The molecule has 0 saturated heterocycles. The van der Waals surface area contributed by atoms with Crippen molar-refractivity contribution < 1.29 is 9.45 Å². The van der Waals surface area contributed by atoms with Crippen molar-refractivity contribution in [1.82, 2.24) is 15.5 Å². The van der Waals surface area contributed by atoms with E-state index in [0.717, 1.165) is 0 Å². The molecule has 0 spiro atoms. The highest BCUT2D eigenvalue weighted by atomic mass is 35.5. The lowest BCUT2D eigenvalue weighted by Crippen LogP contribution is -2.16. The SMILES string of the molecule is O=[N+]([O-])c1cc(Cl)cc(-c2nc(CNC3CC3)no2)c1. The molecule has 1 aliphatic rings. The summed E-state index contributed by atoms with van der Waals surface area (Å²) in [5, 5.41) is 18.1. The molecular formula is C12H11ClN4O3. The molecule has 1 aliphatic carbocycles. The van der Waals surface area contributed by atoms with Crippen molar-refractivity contribution in [3.05, 3.63) is 39.2 Å². The van der Waals surface area contributed by atoms with E-state index in [1.165, 1.54) is 25.0 Å². The third kappa shape index (κ3) is 2.94. The van der Waals surface area contributed by atoms with Gasteiger partial charge in [0.05, 0.1) is 11.5 Å². The van der Waals surface area contributed by atoms with Crippen LogP contribution in [-0.4, -0.2) is 21.1 Å². The first-order chi connectivity index (χ1) is 9.61. The molecule has 1 heterocycles. The van der Waals surface area contributed by atoms with Gasteiger partial charge in [-0.15, -0.1) is 0 Å². The van der Waals surface area contributed by atoms with Gasteiger partial charge in [-0.05, 0) is 18.9 Å². The molecule has 0 amide bonds. The number of nitrogens with zero attached hydrogens (tertiary/aromatic N) is 3. The molecule has 0 atom stereocenters. The Morgan fingerprint density at radius 2 is 2.25 bits per heavy atom. The number of nitro benzene ring substituents is 1. The molecule has 0 bridgehead atoms. The number of rotatable bonds is 5. The van der Waals surface area contributed by atoms with E-state index in [-0.39, 0.29) is 16.6 Å². The highest BCUT2D eigenvalue weighted by Gasteiger charge is 2.21. The van der Waals surface area contributed by atoms with Crippen LogP contribution in [0, 0.1) is 10.1 Å². The molecule has 8 heteroatoms. The molecule has 1 N–H and O–H groups in total. The summed E-state index contributed by atoms with van der Waals surface area (Å²) in [4.78, 5) is 14.5. The van der Waals surface area contributed by atoms with Gasteiger partial charge in [0.25, 0.3) is 11.6 Å². The van der Waals surface area contributed by atoms with Crippen molar-refractivity contribution in [3.8, 4) is 11.5 Å². The minimum absolute atomic E-state index is 0.108. The Hall–Kier alpha value is -1.99. The molecule has 1 aromatic heterocycles. The van der Waals surface area contributed by atoms with E-state index in [2.05, 4.69) is 15.5 Å². The quantitative estimate of drug-likeness (QED) is 0.672. The van der Waals surface area contributed by atoms with Crippen LogP contribution in [0.4, 0.5) is 5.69 Å². The Morgan fingerprint density at radius 3 is 2.95 bits per heavy atom. The molecule has 0 unspecified atom stereocenters. The van der Waals surface area contributed by atoms with Crippen molar-refractivity contribution >= 4 is 17.3 Å². The fourth-order valence-corrected chi connectivity index (χ4v) is 2.00. The zero-order valence-corrected chi connectivity index (χ0v) is 11.1. The fourth-order valence-electron chi connectivity index (χ4n) is 1.77. The third-order valence-electron chi connectivity index (χ3n) is 2.93. The molecule has 1 fully saturated rings. The summed E-state index contributed by atoms with van der Waals surface area (Å²) in [6.07, 6.45) is 2.34. The van der Waals surface area contributed by atoms with E-state index in [1.807, 2.05) is 0 Å². The highest BCUT2D eigenvalue weighted by Crippen LogP contribution is 2.27. The average Bonchev–Trinajstić information content (AvgIpc) is 3.12. The number of aromatic nitrogens is 2. The predicted octanol–water partition coefficient (Wildman–Crippen LogP) is 2.55. The summed E-state index contributed by atoms with van der Waals surface area (Å²) in [6.45, 7) is 0.525. The summed E-state index contributed by atoms with van der Waals surface area (Å²) >= 11 is 5.86. The van der Waals surface area contributed by atoms with Crippen molar-refractivity contribution in [2.75, 3.05) is 0 Å². The first-order valence-electron chi connectivity index (χ1n) is 6.13. The molecule has 104 valence electrons. The van der Waals surface area contributed by atoms with E-state index in [9.17, 15) is 10.1 Å². The van der Waals surface area contributed by atoms with E-state index in [0.29, 0.717) is 24.0 Å². The lowest BCUT2D eigenvalue weighted by Gasteiger charge is -1.97. The van der Waals surface area contributed by atoms with Crippen LogP contribution in [0.15, 0.2) is 22.7 Å². The topological polar surface area (TPSA) is 94.1 Å². The van der Waals surface area contributed by atoms with Crippen LogP contribution in [0.2, 0.25) is 5.02 Å². The zero-order chi connectivity index (χ0) is 14.1. The summed E-state index contributed by atoms with van der Waals surface area (Å²) in [5.74, 6) is 0.748. The Kier molecular flexibility index (Phi) is 3.37. The second-order valence-corrected chi connectivity index (χ2v) is 5.06. The number of halogens is 1. The third-order valence-corrected chi connectivity index (χ3v) is 3.15. The molecule has 3 rings (SSSR count). The van der Waals surface area contributed by atoms with Gasteiger partial charge < -0.3 is 9.84 Å². The van der Waals surface area contributed by atoms with Crippen molar-refractivity contribution in [1.29, 1.82) is 0 Å². The molecule has 20 heavy (non-hydrogen) atoms. The molecule has 1 aromatic carbocycles. The Bertz CT molecular complexity index is 654. The summed E-state index contributed by atoms with van der Waals surface area (Å²) in [7, 11) is 0. The molecule has 7 nitrogen and oxygen atoms in total. The molecule has 2 aromatic rings. The van der Waals surface area contributed by atoms with Gasteiger partial charge in [0, 0.05) is 28.8 Å². The molecule has 0 radical (unpaired) electrons. The maximum Gasteiger partial charge on any atom is 0.271 e. The van der Waals surface area contributed by atoms with Gasteiger partial charge in [0.15, 0.2) is 5.82 Å². The van der Waals surface area contributed by atoms with Crippen LogP contribution in [0.1, 0.15) is 18.7 Å². The van der Waals surface area contributed by atoms with Crippen LogP contribution < -0.4 is 5.32 Å². The molecular weight excluding hydrogens is 284 g/mol. The van der Waals surface area contributed by atoms with Crippen LogP contribution in [-0.2, 0) is 6.54 Å². The van der Waals surface area contributed by atoms with Gasteiger partial charge in [-0.3, -0.25) is 10.1 Å². The van der Waals surface area contributed by atoms with Gasteiger partial charge in [-0.25, -0.2) is 0 Å². The number of nitro groups is 1. The van der Waals surface area contributed by atoms with Gasteiger partial charge in [0.1, 0.15) is 0 Å². The van der Waals surface area contributed by atoms with Crippen LogP contribution in [0.5, 0.6) is 0 Å². The van der Waals surface area contributed by atoms with E-state index >= 15 is 0 Å². The van der Waals surface area contributed by atoms with E-state index < -0.39 is 4.92 Å². The van der Waals surface area contributed by atoms with Crippen molar-refractivity contribution in [2.24, 2.45) is 0 Å². The first-order valence-corrected chi connectivity index (χ1v) is 6.51. The van der Waals surface area contributed by atoms with Crippen molar-refractivity contribution in [3.63, 3.8) is 0 Å². The van der Waals surface area contributed by atoms with Crippen molar-refractivity contribution in [2.45, 2.75) is 25.4 Å². The monoisotopic (exact) mass is 294 g/mol. The summed E-state index contributed by atoms with van der Waals surface area (Å²) < 4.78 is 5.11. The number of hydrogen-bond acceptors (Lipinski definition) is 6. The average molecular weight is 295 g/mol. The van der Waals surface area contributed by atoms with E-state index in [1.54, 1.807) is 6.07 Å². The smallest absolute Gasteiger partial charge is 0.271 e. The Morgan fingerprint density at radius 1 is 1.45 bits per heavy atom. The summed E-state index contributed by atoms with van der Waals surface area (Å²) in [6, 6.07) is 4.73. The number of hydrogen-bond donors (Lipinski definition) is 1. The second kappa shape index (κ2) is 5.18. The minimum atomic E-state index is -0.513. The van der Waals surface area contributed by atoms with Gasteiger partial charge in [0.2, 0.25) is 0 Å². The van der Waals surface area contributed by atoms with Gasteiger partial charge >= 0.3 is 0 Å². The standard InChI is InChI=1S/C12H11ClN4O3/c13-8-3-7(4-10(5-8)17(18)19)12-15-11(16-20-12)6-14-9-1-2-9/h3-5,9,14H,1-2,6H2. The second-order valence-electron chi connectivity index (χ2n) is 4.63. The summed E-state index contributed by atoms with van der Waals surface area (Å²) in [5.41, 5.74) is 0.331. The first kappa shape index (κ1) is 13.0. The lowest BCUT2D eigenvalue weighted by atomic mass is 10.2. The normalized spacial score (nSPS) is 14.4. The Labute approximate surface area is 119 Å². The van der Waals surface area contributed by atoms with Crippen LogP contribution in [0.3, 0.4) is 0 Å². The fraction of sp³-hybridized carbons (Fsp3) is 0.333. The van der Waals surface area contributed by atoms with E-state index in [4.69, 9.17) is 16.1 Å². The number of non-ortho nitro benzene ring substituents is 1. The Balaban J connectivity index is 1.82.